The van der Waals surface area contributed by atoms with E-state index in [4.69, 9.17) is 14.2 Å². The number of phenolic OH excluding ortho intramolecular Hbond substituents is 1. The first kappa shape index (κ1) is 29.1. The summed E-state index contributed by atoms with van der Waals surface area (Å²) in [5.41, 5.74) is 1.19. The van der Waals surface area contributed by atoms with Crippen LogP contribution in [0.5, 0.6) is 11.5 Å². The van der Waals surface area contributed by atoms with Crippen LogP contribution in [0.3, 0.4) is 0 Å². The molecule has 40 heavy (non-hydrogen) atoms. The molecule has 1 aliphatic rings. The number of aliphatic hydroxyl groups is 1. The molecule has 4 rings (SSSR count). The number of rotatable bonds is 12. The second-order valence-corrected chi connectivity index (χ2v) is 10.9. The van der Waals surface area contributed by atoms with E-state index in [0.717, 1.165) is 9.87 Å². The van der Waals surface area contributed by atoms with Crippen LogP contribution in [0, 0.1) is 0 Å². The minimum Gasteiger partial charge on any atom is -0.506 e. The monoisotopic (exact) mass is 568 g/mol. The zero-order chi connectivity index (χ0) is 28.5. The van der Waals surface area contributed by atoms with Gasteiger partial charge in [-0.05, 0) is 48.0 Å². The normalized spacial score (nSPS) is 17.1. The summed E-state index contributed by atoms with van der Waals surface area (Å²) in [4.78, 5) is 13.1. The van der Waals surface area contributed by atoms with Crippen LogP contribution in [0.15, 0.2) is 95.6 Å². The van der Waals surface area contributed by atoms with E-state index in [0.29, 0.717) is 12.2 Å². The van der Waals surface area contributed by atoms with E-state index in [1.807, 2.05) is 30.3 Å². The number of hydrogen-bond acceptors (Lipinski definition) is 8. The number of methoxy groups -OCH3 is 1. The van der Waals surface area contributed by atoms with Gasteiger partial charge in [0.05, 0.1) is 30.9 Å². The summed E-state index contributed by atoms with van der Waals surface area (Å²) in [6, 6.07) is 21.9. The number of hydrogen-bond donors (Lipinski definition) is 3. The fraction of sp³-hybridized carbons (Fsp3) is 0.276. The summed E-state index contributed by atoms with van der Waals surface area (Å²) in [7, 11) is -2.42. The Morgan fingerprint density at radius 1 is 1.02 bits per heavy atom. The van der Waals surface area contributed by atoms with Crippen LogP contribution in [0.1, 0.15) is 17.9 Å². The predicted octanol–water partition coefficient (Wildman–Crippen LogP) is 3.45. The Morgan fingerprint density at radius 3 is 2.40 bits per heavy atom. The fourth-order valence-electron chi connectivity index (χ4n) is 4.26. The SMILES string of the molecule is COc1ccc(S(=O)(=O)N(CCO)CCOC2CC(c3ccccc3)C=C(C(=O)Nc3ccccc3O)O2)cc1. The number of nitrogens with zero attached hydrogens (tertiary/aromatic N) is 1. The molecule has 0 fully saturated rings. The lowest BCUT2D eigenvalue weighted by Crippen LogP contribution is -2.37. The van der Waals surface area contributed by atoms with Gasteiger partial charge in [0.1, 0.15) is 11.5 Å². The first-order valence-electron chi connectivity index (χ1n) is 12.7. The average molecular weight is 569 g/mol. The molecule has 0 saturated heterocycles. The summed E-state index contributed by atoms with van der Waals surface area (Å²) in [5.74, 6) is -0.303. The first-order chi connectivity index (χ1) is 19.3. The van der Waals surface area contributed by atoms with Gasteiger partial charge < -0.3 is 29.7 Å². The van der Waals surface area contributed by atoms with Crippen LogP contribution >= 0.6 is 0 Å². The van der Waals surface area contributed by atoms with Crippen LogP contribution in [0.2, 0.25) is 0 Å². The number of nitrogens with one attached hydrogen (secondary N) is 1. The molecule has 2 atom stereocenters. The van der Waals surface area contributed by atoms with Crippen LogP contribution in [-0.2, 0) is 24.3 Å². The number of para-hydroxylation sites is 2. The second-order valence-electron chi connectivity index (χ2n) is 8.98. The maximum atomic E-state index is 13.2. The van der Waals surface area contributed by atoms with E-state index >= 15 is 0 Å². The Hall–Kier alpha value is -3.90. The van der Waals surface area contributed by atoms with Gasteiger partial charge >= 0.3 is 0 Å². The first-order valence-corrected chi connectivity index (χ1v) is 14.1. The number of aromatic hydroxyl groups is 1. The van der Waals surface area contributed by atoms with Crippen molar-refractivity contribution in [1.82, 2.24) is 4.31 Å². The third-order valence-corrected chi connectivity index (χ3v) is 8.27. The van der Waals surface area contributed by atoms with E-state index in [1.54, 1.807) is 36.4 Å². The van der Waals surface area contributed by atoms with Crippen LogP contribution < -0.4 is 10.1 Å². The summed E-state index contributed by atoms with van der Waals surface area (Å²) in [5, 5.41) is 22.2. The molecule has 1 aliphatic heterocycles. The van der Waals surface area contributed by atoms with Crippen molar-refractivity contribution in [3.63, 3.8) is 0 Å². The molecule has 10 nitrogen and oxygen atoms in total. The van der Waals surface area contributed by atoms with Crippen molar-refractivity contribution in [1.29, 1.82) is 0 Å². The summed E-state index contributed by atoms with van der Waals surface area (Å²) < 4.78 is 44.4. The molecule has 1 amide bonds. The molecule has 0 bridgehead atoms. The summed E-state index contributed by atoms with van der Waals surface area (Å²) in [6.45, 7) is -0.585. The number of phenols is 1. The number of anilines is 1. The highest BCUT2D eigenvalue weighted by Crippen LogP contribution is 2.32. The molecule has 0 saturated carbocycles. The Morgan fingerprint density at radius 2 is 1.73 bits per heavy atom. The maximum Gasteiger partial charge on any atom is 0.290 e. The zero-order valence-electron chi connectivity index (χ0n) is 22.0. The minimum absolute atomic E-state index is 0.0198. The second kappa shape index (κ2) is 13.4. The number of amides is 1. The summed E-state index contributed by atoms with van der Waals surface area (Å²) in [6.07, 6.45) is 1.25. The number of aliphatic hydroxyl groups excluding tert-OH is 1. The van der Waals surface area contributed by atoms with Gasteiger partial charge in [-0.2, -0.15) is 4.31 Å². The van der Waals surface area contributed by atoms with Gasteiger partial charge in [0.2, 0.25) is 16.3 Å². The Kier molecular flexibility index (Phi) is 9.78. The van der Waals surface area contributed by atoms with Gasteiger partial charge in [0.15, 0.2) is 5.76 Å². The van der Waals surface area contributed by atoms with E-state index in [1.165, 1.54) is 25.3 Å². The molecule has 3 aromatic rings. The molecule has 3 N–H and O–H groups in total. The molecule has 0 spiro atoms. The molecule has 3 aromatic carbocycles. The van der Waals surface area contributed by atoms with Crippen LogP contribution in [-0.4, -0.2) is 68.5 Å². The molecule has 212 valence electrons. The smallest absolute Gasteiger partial charge is 0.290 e. The maximum absolute atomic E-state index is 13.2. The lowest BCUT2D eigenvalue weighted by atomic mass is 9.93. The van der Waals surface area contributed by atoms with Crippen molar-refractivity contribution >= 4 is 21.6 Å². The molecule has 1 heterocycles. The van der Waals surface area contributed by atoms with Gasteiger partial charge in [-0.25, -0.2) is 8.42 Å². The van der Waals surface area contributed by atoms with E-state index < -0.39 is 22.2 Å². The van der Waals surface area contributed by atoms with E-state index in [9.17, 15) is 23.4 Å². The molecular formula is C29H32N2O8S. The standard InChI is InChI=1S/C29H32N2O8S/c1-37-23-11-13-24(14-12-23)40(35,36)31(15-17-32)16-18-38-28-20-22(21-7-3-2-4-8-21)19-27(39-28)29(34)30-25-9-5-6-10-26(25)33/h2-14,19,22,28,32-33H,15-18,20H2,1H3,(H,30,34). The zero-order valence-corrected chi connectivity index (χ0v) is 22.8. The van der Waals surface area contributed by atoms with Crippen molar-refractivity contribution in [3.8, 4) is 11.5 Å². The van der Waals surface area contributed by atoms with Crippen molar-refractivity contribution in [2.24, 2.45) is 0 Å². The van der Waals surface area contributed by atoms with Crippen molar-refractivity contribution in [3.05, 3.63) is 96.3 Å². The third-order valence-electron chi connectivity index (χ3n) is 6.35. The van der Waals surface area contributed by atoms with E-state index in [-0.39, 0.29) is 54.3 Å². The lowest BCUT2D eigenvalue weighted by Gasteiger charge is -2.30. The lowest BCUT2D eigenvalue weighted by molar-refractivity contribution is -0.143. The average Bonchev–Trinajstić information content (AvgIpc) is 2.98. The van der Waals surface area contributed by atoms with Gasteiger partial charge in [-0.1, -0.05) is 42.5 Å². The molecule has 0 aliphatic carbocycles. The number of carbonyl (C=O) groups is 1. The molecule has 11 heteroatoms. The highest BCUT2D eigenvalue weighted by atomic mass is 32.2. The topological polar surface area (TPSA) is 135 Å². The highest BCUT2D eigenvalue weighted by molar-refractivity contribution is 7.89. The van der Waals surface area contributed by atoms with Gasteiger partial charge in [0, 0.05) is 25.4 Å². The predicted molar refractivity (Wildman–Crippen MR) is 148 cm³/mol. The number of benzene rings is 3. The Labute approximate surface area is 233 Å². The number of allylic oxidation sites excluding steroid dienone is 1. The van der Waals surface area contributed by atoms with Gasteiger partial charge in [0.25, 0.3) is 5.91 Å². The summed E-state index contributed by atoms with van der Waals surface area (Å²) >= 11 is 0. The third kappa shape index (κ3) is 7.19. The van der Waals surface area contributed by atoms with Crippen LogP contribution in [0.4, 0.5) is 5.69 Å². The van der Waals surface area contributed by atoms with Crippen molar-refractivity contribution < 1.29 is 37.6 Å². The van der Waals surface area contributed by atoms with Gasteiger partial charge in [-0.15, -0.1) is 0 Å². The quantitative estimate of drug-likeness (QED) is 0.283. The number of ether oxygens (including phenoxy) is 3. The molecule has 0 aromatic heterocycles. The minimum atomic E-state index is -3.91. The largest absolute Gasteiger partial charge is 0.506 e. The molecular weight excluding hydrogens is 536 g/mol. The number of sulfonamides is 1. The fourth-order valence-corrected chi connectivity index (χ4v) is 5.68. The van der Waals surface area contributed by atoms with Crippen molar-refractivity contribution in [2.45, 2.75) is 23.5 Å². The highest BCUT2D eigenvalue weighted by Gasteiger charge is 2.30. The molecule has 2 unspecified atom stereocenters. The Bertz CT molecular complexity index is 1410. The van der Waals surface area contributed by atoms with E-state index in [2.05, 4.69) is 5.32 Å². The van der Waals surface area contributed by atoms with Gasteiger partial charge in [-0.3, -0.25) is 4.79 Å². The Balaban J connectivity index is 1.46. The van der Waals surface area contributed by atoms with Crippen molar-refractivity contribution in [2.75, 3.05) is 38.7 Å². The number of carbonyl (C=O) groups excluding carboxylic acids is 1. The molecule has 0 radical (unpaired) electrons. The van der Waals surface area contributed by atoms with Crippen LogP contribution in [0.25, 0.3) is 0 Å².